The van der Waals surface area contributed by atoms with Crippen molar-refractivity contribution in [3.8, 4) is 0 Å². The molecule has 0 amide bonds. The number of nitrogens with zero attached hydrogens (tertiary/aromatic N) is 3. The van der Waals surface area contributed by atoms with E-state index in [-0.39, 0.29) is 0 Å². The number of aromatic nitrogens is 3. The predicted molar refractivity (Wildman–Crippen MR) is 77.0 cm³/mol. The van der Waals surface area contributed by atoms with Crippen molar-refractivity contribution in [1.82, 2.24) is 20.3 Å². The highest BCUT2D eigenvalue weighted by atomic mass is 16.5. The summed E-state index contributed by atoms with van der Waals surface area (Å²) in [6, 6.07) is 0. The van der Waals surface area contributed by atoms with Crippen molar-refractivity contribution in [3.63, 3.8) is 0 Å². The summed E-state index contributed by atoms with van der Waals surface area (Å²) in [6.07, 6.45) is 9.80. The lowest BCUT2D eigenvalue weighted by atomic mass is 10.1. The van der Waals surface area contributed by atoms with Crippen molar-refractivity contribution in [2.45, 2.75) is 58.5 Å². The Bertz CT molecular complexity index is 314. The maximum atomic E-state index is 5.61. The average molecular weight is 268 g/mol. The summed E-state index contributed by atoms with van der Waals surface area (Å²) in [4.78, 5) is 0. The molecule has 1 aromatic rings. The lowest BCUT2D eigenvalue weighted by molar-refractivity contribution is 0.119. The smallest absolute Gasteiger partial charge is 0.0964 e. The van der Waals surface area contributed by atoms with Crippen molar-refractivity contribution in [2.75, 3.05) is 20.3 Å². The molecule has 0 unspecified atom stereocenters. The van der Waals surface area contributed by atoms with E-state index in [9.17, 15) is 0 Å². The molecule has 0 fully saturated rings. The van der Waals surface area contributed by atoms with E-state index in [4.69, 9.17) is 4.74 Å². The number of nitrogens with one attached hydrogen (secondary N) is 1. The Morgan fingerprint density at radius 3 is 2.74 bits per heavy atom. The molecule has 0 bridgehead atoms. The molecule has 1 N–H and O–H groups in total. The fraction of sp³-hybridized carbons (Fsp3) is 0.857. The maximum absolute atomic E-state index is 5.61. The first-order chi connectivity index (χ1) is 9.36. The van der Waals surface area contributed by atoms with Crippen molar-refractivity contribution >= 4 is 0 Å². The summed E-state index contributed by atoms with van der Waals surface area (Å²) in [6.45, 7) is 5.38. The average Bonchev–Trinajstić information content (AvgIpc) is 2.85. The summed E-state index contributed by atoms with van der Waals surface area (Å²) < 4.78 is 7.45. The second-order valence-electron chi connectivity index (χ2n) is 4.88. The third kappa shape index (κ3) is 7.95. The Labute approximate surface area is 116 Å². The lowest BCUT2D eigenvalue weighted by Crippen LogP contribution is -2.07. The van der Waals surface area contributed by atoms with Gasteiger partial charge in [-0.05, 0) is 13.5 Å². The second kappa shape index (κ2) is 10.9. The third-order valence-corrected chi connectivity index (χ3v) is 3.05. The molecule has 0 aliphatic carbocycles. The van der Waals surface area contributed by atoms with Gasteiger partial charge in [-0.25, -0.2) is 4.68 Å². The molecule has 0 aromatic carbocycles. The molecule has 0 radical (unpaired) electrons. The number of hydrogen-bond donors (Lipinski definition) is 1. The van der Waals surface area contributed by atoms with Crippen molar-refractivity contribution in [3.05, 3.63) is 11.9 Å². The Hall–Kier alpha value is -0.940. The zero-order valence-corrected chi connectivity index (χ0v) is 12.4. The molecule has 0 aliphatic rings. The molecule has 110 valence electrons. The second-order valence-corrected chi connectivity index (χ2v) is 4.88. The zero-order chi connectivity index (χ0) is 13.8. The van der Waals surface area contributed by atoms with Crippen LogP contribution in [0.1, 0.15) is 51.1 Å². The van der Waals surface area contributed by atoms with Gasteiger partial charge in [0, 0.05) is 19.3 Å². The molecule has 1 aromatic heterocycles. The Balaban J connectivity index is 1.92. The van der Waals surface area contributed by atoms with E-state index in [0.29, 0.717) is 0 Å². The highest BCUT2D eigenvalue weighted by Crippen LogP contribution is 2.04. The van der Waals surface area contributed by atoms with Gasteiger partial charge in [0.1, 0.15) is 0 Å². The van der Waals surface area contributed by atoms with Crippen LogP contribution in [0.25, 0.3) is 0 Å². The van der Waals surface area contributed by atoms with Crippen LogP contribution in [0.4, 0.5) is 0 Å². The first kappa shape index (κ1) is 16.1. The number of hydrogen-bond acceptors (Lipinski definition) is 4. The van der Waals surface area contributed by atoms with Crippen molar-refractivity contribution in [2.24, 2.45) is 0 Å². The molecular formula is C14H28N4O. The molecule has 0 spiro atoms. The minimum Gasteiger partial charge on any atom is -0.380 e. The van der Waals surface area contributed by atoms with Crippen LogP contribution in [0, 0.1) is 0 Å². The number of ether oxygens (including phenoxy) is 1. The summed E-state index contributed by atoms with van der Waals surface area (Å²) >= 11 is 0. The van der Waals surface area contributed by atoms with Gasteiger partial charge >= 0.3 is 0 Å². The van der Waals surface area contributed by atoms with Crippen LogP contribution in [0.2, 0.25) is 0 Å². The van der Waals surface area contributed by atoms with Gasteiger partial charge < -0.3 is 10.1 Å². The van der Waals surface area contributed by atoms with Crippen LogP contribution in [-0.4, -0.2) is 35.3 Å². The van der Waals surface area contributed by atoms with Crippen LogP contribution < -0.4 is 5.32 Å². The van der Waals surface area contributed by atoms with E-state index in [1.54, 1.807) is 0 Å². The summed E-state index contributed by atoms with van der Waals surface area (Å²) in [5, 5.41) is 11.2. The standard InChI is InChI=1S/C14H28N4O/c1-3-4-5-6-7-8-10-19-11-9-18-13-14(12-15-2)16-17-18/h13,15H,3-12H2,1-2H3. The molecule has 0 atom stereocenters. The summed E-state index contributed by atoms with van der Waals surface area (Å²) in [5.41, 5.74) is 0.971. The highest BCUT2D eigenvalue weighted by molar-refractivity contribution is 4.90. The molecule has 1 rings (SSSR count). The van der Waals surface area contributed by atoms with Crippen molar-refractivity contribution < 1.29 is 4.74 Å². The van der Waals surface area contributed by atoms with Gasteiger partial charge in [-0.2, -0.15) is 0 Å². The van der Waals surface area contributed by atoms with Crippen LogP contribution in [0.3, 0.4) is 0 Å². The van der Waals surface area contributed by atoms with Crippen LogP contribution in [0.5, 0.6) is 0 Å². The summed E-state index contributed by atoms with van der Waals surface area (Å²) in [5.74, 6) is 0. The Morgan fingerprint density at radius 1 is 1.16 bits per heavy atom. The van der Waals surface area contributed by atoms with Crippen LogP contribution in [0.15, 0.2) is 6.20 Å². The van der Waals surface area contributed by atoms with Gasteiger partial charge in [0.25, 0.3) is 0 Å². The molecule has 0 saturated heterocycles. The van der Waals surface area contributed by atoms with Crippen molar-refractivity contribution in [1.29, 1.82) is 0 Å². The van der Waals surface area contributed by atoms with Gasteiger partial charge in [-0.15, -0.1) is 5.10 Å². The van der Waals surface area contributed by atoms with E-state index in [1.807, 2.05) is 17.9 Å². The number of unbranched alkanes of at least 4 members (excludes halogenated alkanes) is 5. The first-order valence-electron chi connectivity index (χ1n) is 7.48. The molecule has 1 heterocycles. The maximum Gasteiger partial charge on any atom is 0.0964 e. The van der Waals surface area contributed by atoms with Gasteiger partial charge in [-0.3, -0.25) is 0 Å². The van der Waals surface area contributed by atoms with Crippen LogP contribution in [-0.2, 0) is 17.8 Å². The van der Waals surface area contributed by atoms with Gasteiger partial charge in [-0.1, -0.05) is 44.2 Å². The third-order valence-electron chi connectivity index (χ3n) is 3.05. The largest absolute Gasteiger partial charge is 0.380 e. The topological polar surface area (TPSA) is 52.0 Å². The number of rotatable bonds is 12. The molecule has 0 aliphatic heterocycles. The molecular weight excluding hydrogens is 240 g/mol. The van der Waals surface area contributed by atoms with E-state index in [1.165, 1.54) is 38.5 Å². The molecule has 5 heteroatoms. The van der Waals surface area contributed by atoms with Gasteiger partial charge in [0.2, 0.25) is 0 Å². The van der Waals surface area contributed by atoms with E-state index in [0.717, 1.165) is 32.0 Å². The molecule has 0 saturated carbocycles. The van der Waals surface area contributed by atoms with E-state index >= 15 is 0 Å². The van der Waals surface area contributed by atoms with E-state index < -0.39 is 0 Å². The fourth-order valence-corrected chi connectivity index (χ4v) is 1.95. The Morgan fingerprint density at radius 2 is 1.95 bits per heavy atom. The molecule has 5 nitrogen and oxygen atoms in total. The lowest BCUT2D eigenvalue weighted by Gasteiger charge is -2.04. The minimum atomic E-state index is 0.720. The zero-order valence-electron chi connectivity index (χ0n) is 12.4. The van der Waals surface area contributed by atoms with Gasteiger partial charge in [0.15, 0.2) is 0 Å². The normalized spacial score (nSPS) is 11.1. The van der Waals surface area contributed by atoms with Gasteiger partial charge in [0.05, 0.1) is 18.8 Å². The predicted octanol–water partition coefficient (Wildman–Crippen LogP) is 2.37. The highest BCUT2D eigenvalue weighted by Gasteiger charge is 1.99. The first-order valence-corrected chi connectivity index (χ1v) is 7.48. The van der Waals surface area contributed by atoms with E-state index in [2.05, 4.69) is 22.6 Å². The monoisotopic (exact) mass is 268 g/mol. The van der Waals surface area contributed by atoms with Crippen LogP contribution >= 0.6 is 0 Å². The summed E-state index contributed by atoms with van der Waals surface area (Å²) in [7, 11) is 1.91. The SMILES string of the molecule is CCCCCCCCOCCn1cc(CNC)nn1. The Kier molecular flexibility index (Phi) is 9.27. The fourth-order valence-electron chi connectivity index (χ4n) is 1.95. The molecule has 19 heavy (non-hydrogen) atoms. The quantitative estimate of drug-likeness (QED) is 0.591. The minimum absolute atomic E-state index is 0.720.